The van der Waals surface area contributed by atoms with Crippen molar-refractivity contribution in [3.05, 3.63) is 113 Å². The van der Waals surface area contributed by atoms with Crippen molar-refractivity contribution in [3.63, 3.8) is 0 Å². The van der Waals surface area contributed by atoms with Crippen molar-refractivity contribution in [1.82, 2.24) is 14.7 Å². The summed E-state index contributed by atoms with van der Waals surface area (Å²) in [6, 6.07) is 18.4. The lowest BCUT2D eigenvalue weighted by atomic mass is 9.87. The highest BCUT2D eigenvalue weighted by Gasteiger charge is 2.58. The van der Waals surface area contributed by atoms with E-state index in [2.05, 4.69) is 0 Å². The molecule has 234 valence electrons. The molecule has 0 aliphatic carbocycles. The zero-order valence-corrected chi connectivity index (χ0v) is 24.1. The predicted molar refractivity (Wildman–Crippen MR) is 156 cm³/mol. The number of carboxylic acid groups (broad SMARTS) is 1. The van der Waals surface area contributed by atoms with Crippen LogP contribution in [0.2, 0.25) is 0 Å². The summed E-state index contributed by atoms with van der Waals surface area (Å²) in [7, 11) is 1.33. The van der Waals surface area contributed by atoms with Gasteiger partial charge in [0.1, 0.15) is 18.7 Å². The second-order valence-electron chi connectivity index (χ2n) is 10.9. The Balaban J connectivity index is 1.47. The summed E-state index contributed by atoms with van der Waals surface area (Å²) in [4.78, 5) is 56.2. The second-order valence-corrected chi connectivity index (χ2v) is 10.9. The molecule has 3 aromatic rings. The molecule has 2 aliphatic heterocycles. The first-order valence-electron chi connectivity index (χ1n) is 14.1. The fourth-order valence-electron chi connectivity index (χ4n) is 5.73. The van der Waals surface area contributed by atoms with Crippen molar-refractivity contribution in [3.8, 4) is 0 Å². The molecule has 5 rings (SSSR count). The third kappa shape index (κ3) is 6.69. The highest BCUT2D eigenvalue weighted by atomic mass is 19.4. The number of carbonyl (C=O) groups excluding carboxylic acids is 3. The molecule has 4 atom stereocenters. The van der Waals surface area contributed by atoms with Crippen LogP contribution in [0.15, 0.2) is 91.0 Å². The van der Waals surface area contributed by atoms with Crippen molar-refractivity contribution < 1.29 is 42.2 Å². The minimum absolute atomic E-state index is 0.00103. The standard InChI is InChI=1S/C33H30F3N3O6/c1-37(19-22-11-8-14-24(17-22)33(34,35)36)30(42)26(18-28(40)41)38-25(16-15-21-9-4-2-5-10-21)29(31(38)43)39-27(20-45-32(39)44)23-12-6-3-7-13-23/h2-17,25-27,29H,18-20H2,1H3,(H,40,41)/t25-,26-,27-,29+/m1/s1. The molecule has 0 radical (unpaired) electrons. The van der Waals surface area contributed by atoms with Gasteiger partial charge < -0.3 is 19.6 Å². The molecule has 2 aliphatic rings. The molecular weight excluding hydrogens is 591 g/mol. The molecule has 0 unspecified atom stereocenters. The summed E-state index contributed by atoms with van der Waals surface area (Å²) >= 11 is 0. The van der Waals surface area contributed by atoms with Gasteiger partial charge >= 0.3 is 18.2 Å². The second kappa shape index (κ2) is 12.8. The molecule has 2 fully saturated rings. The lowest BCUT2D eigenvalue weighted by Gasteiger charge is -2.52. The predicted octanol–water partition coefficient (Wildman–Crippen LogP) is 4.99. The van der Waals surface area contributed by atoms with E-state index in [4.69, 9.17) is 4.74 Å². The van der Waals surface area contributed by atoms with E-state index in [1.807, 2.05) is 36.4 Å². The number of amides is 3. The Bertz CT molecular complexity index is 1600. The molecule has 2 saturated heterocycles. The van der Waals surface area contributed by atoms with E-state index < -0.39 is 66.2 Å². The summed E-state index contributed by atoms with van der Waals surface area (Å²) in [5.74, 6) is -2.78. The Morgan fingerprint density at radius 3 is 2.33 bits per heavy atom. The summed E-state index contributed by atoms with van der Waals surface area (Å²) in [6.45, 7) is -0.262. The van der Waals surface area contributed by atoms with Gasteiger partial charge in [-0.1, -0.05) is 84.9 Å². The largest absolute Gasteiger partial charge is 0.481 e. The van der Waals surface area contributed by atoms with Gasteiger partial charge in [0, 0.05) is 13.6 Å². The maximum atomic E-state index is 13.9. The van der Waals surface area contributed by atoms with Crippen LogP contribution < -0.4 is 0 Å². The summed E-state index contributed by atoms with van der Waals surface area (Å²) in [5, 5.41) is 9.75. The van der Waals surface area contributed by atoms with Crippen molar-refractivity contribution in [2.45, 2.75) is 43.3 Å². The molecule has 1 N–H and O–H groups in total. The molecule has 12 heteroatoms. The number of nitrogens with zero attached hydrogens (tertiary/aromatic N) is 3. The quantitative estimate of drug-likeness (QED) is 0.320. The van der Waals surface area contributed by atoms with Gasteiger partial charge in [-0.2, -0.15) is 13.2 Å². The summed E-state index contributed by atoms with van der Waals surface area (Å²) in [6.07, 6.45) is -2.71. The van der Waals surface area contributed by atoms with Crippen LogP contribution >= 0.6 is 0 Å². The third-order valence-electron chi connectivity index (χ3n) is 7.87. The lowest BCUT2D eigenvalue weighted by Crippen LogP contribution is -2.74. The molecule has 0 aromatic heterocycles. The Hall–Kier alpha value is -5.13. The maximum Gasteiger partial charge on any atom is 0.416 e. The van der Waals surface area contributed by atoms with Crippen LogP contribution in [0.1, 0.15) is 34.7 Å². The van der Waals surface area contributed by atoms with Crippen LogP contribution in [-0.2, 0) is 31.8 Å². The summed E-state index contributed by atoms with van der Waals surface area (Å²) in [5.41, 5.74) is 0.787. The van der Waals surface area contributed by atoms with E-state index in [-0.39, 0.29) is 18.7 Å². The number of likely N-dealkylation sites (tertiary alicyclic amines) is 1. The van der Waals surface area contributed by atoms with Gasteiger partial charge in [-0.05, 0) is 28.8 Å². The van der Waals surface area contributed by atoms with Crippen LogP contribution in [-0.4, -0.2) is 75.5 Å². The van der Waals surface area contributed by atoms with Crippen molar-refractivity contribution >= 4 is 30.0 Å². The van der Waals surface area contributed by atoms with Crippen molar-refractivity contribution in [2.75, 3.05) is 13.7 Å². The maximum absolute atomic E-state index is 13.9. The number of rotatable bonds is 10. The number of hydrogen-bond acceptors (Lipinski definition) is 5. The topological polar surface area (TPSA) is 107 Å². The number of β-lactam (4-membered cyclic amide) rings is 1. The van der Waals surface area contributed by atoms with Crippen LogP contribution in [0.25, 0.3) is 6.08 Å². The molecule has 3 amide bonds. The first-order valence-corrected chi connectivity index (χ1v) is 14.1. The number of carboxylic acids is 1. The number of hydrogen-bond donors (Lipinski definition) is 1. The van der Waals surface area contributed by atoms with E-state index >= 15 is 0 Å². The molecular formula is C33H30F3N3O6. The number of benzene rings is 3. The SMILES string of the molecule is CN(Cc1cccc(C(F)(F)F)c1)C(=O)[C@@H](CC(=O)O)N1C(=O)[C@@H](N2C(=O)OC[C@@H]2c2ccccc2)[C@H]1C=Cc1ccccc1. The molecule has 0 spiro atoms. The molecule has 3 aromatic carbocycles. The fraction of sp³-hybridized carbons (Fsp3) is 0.273. The highest BCUT2D eigenvalue weighted by Crippen LogP contribution is 2.39. The van der Waals surface area contributed by atoms with Gasteiger partial charge in [0.25, 0.3) is 0 Å². The van der Waals surface area contributed by atoms with Crippen LogP contribution in [0.4, 0.5) is 18.0 Å². The van der Waals surface area contributed by atoms with E-state index in [1.165, 1.54) is 24.1 Å². The average molecular weight is 622 g/mol. The third-order valence-corrected chi connectivity index (χ3v) is 7.87. The van der Waals surface area contributed by atoms with Crippen molar-refractivity contribution in [1.29, 1.82) is 0 Å². The van der Waals surface area contributed by atoms with Crippen LogP contribution in [0.3, 0.4) is 0 Å². The molecule has 2 heterocycles. The number of ether oxygens (including phenoxy) is 1. The minimum atomic E-state index is -4.59. The van der Waals surface area contributed by atoms with Gasteiger partial charge in [0.2, 0.25) is 11.8 Å². The van der Waals surface area contributed by atoms with Gasteiger partial charge in [-0.25, -0.2) is 4.79 Å². The molecule has 0 bridgehead atoms. The first-order chi connectivity index (χ1) is 21.5. The lowest BCUT2D eigenvalue weighted by molar-refractivity contribution is -0.167. The number of aliphatic carboxylic acids is 1. The van der Waals surface area contributed by atoms with Crippen LogP contribution in [0, 0.1) is 0 Å². The smallest absolute Gasteiger partial charge is 0.416 e. The van der Waals surface area contributed by atoms with Crippen LogP contribution in [0.5, 0.6) is 0 Å². The van der Waals surface area contributed by atoms with Gasteiger partial charge in [0.15, 0.2) is 0 Å². The Morgan fingerprint density at radius 1 is 1.02 bits per heavy atom. The fourth-order valence-corrected chi connectivity index (χ4v) is 5.73. The Labute approximate surface area is 257 Å². The van der Waals surface area contributed by atoms with E-state index in [1.54, 1.807) is 36.4 Å². The monoisotopic (exact) mass is 621 g/mol. The summed E-state index contributed by atoms with van der Waals surface area (Å²) < 4.78 is 45.2. The van der Waals surface area contributed by atoms with Gasteiger partial charge in [0.05, 0.1) is 24.1 Å². The zero-order valence-electron chi connectivity index (χ0n) is 24.1. The highest BCUT2D eigenvalue weighted by molar-refractivity contribution is 5.99. The van der Waals surface area contributed by atoms with Crippen molar-refractivity contribution in [2.24, 2.45) is 0 Å². The van der Waals surface area contributed by atoms with Gasteiger partial charge in [-0.15, -0.1) is 0 Å². The number of carbonyl (C=O) groups is 4. The minimum Gasteiger partial charge on any atom is -0.481 e. The Morgan fingerprint density at radius 2 is 1.69 bits per heavy atom. The van der Waals surface area contributed by atoms with E-state index in [0.717, 1.165) is 33.1 Å². The zero-order chi connectivity index (χ0) is 32.3. The van der Waals surface area contributed by atoms with E-state index in [9.17, 15) is 37.5 Å². The first kappa shape index (κ1) is 31.3. The Kier molecular flexibility index (Phi) is 8.94. The normalized spacial score (nSPS) is 20.6. The number of likely N-dealkylation sites (N-methyl/N-ethyl adjacent to an activating group) is 1. The van der Waals surface area contributed by atoms with Gasteiger partial charge in [-0.3, -0.25) is 19.3 Å². The molecule has 0 saturated carbocycles. The number of cyclic esters (lactones) is 1. The molecule has 9 nitrogen and oxygen atoms in total. The average Bonchev–Trinajstić information content (AvgIpc) is 3.39. The molecule has 45 heavy (non-hydrogen) atoms. The number of halogens is 3. The van der Waals surface area contributed by atoms with E-state index in [0.29, 0.717) is 0 Å². The number of alkyl halides is 3.